The zero-order valence-corrected chi connectivity index (χ0v) is 24.7. The lowest BCUT2D eigenvalue weighted by Gasteiger charge is -2.43. The first-order chi connectivity index (χ1) is 22.1. The van der Waals surface area contributed by atoms with E-state index in [1.54, 1.807) is 0 Å². The molecule has 0 saturated heterocycles. The number of nitrogens with zero attached hydrogens (tertiary/aromatic N) is 1. The van der Waals surface area contributed by atoms with Gasteiger partial charge in [0.25, 0.3) is 5.91 Å². The molecule has 2 atom stereocenters. The molecule has 1 heterocycles. The Morgan fingerprint density at radius 2 is 1.33 bits per heavy atom. The molecule has 0 spiro atoms. The molecule has 0 saturated carbocycles. The fourth-order valence-electron chi connectivity index (χ4n) is 7.27. The van der Waals surface area contributed by atoms with E-state index in [1.807, 2.05) is 65.6 Å². The van der Waals surface area contributed by atoms with Crippen LogP contribution >= 0.6 is 0 Å². The van der Waals surface area contributed by atoms with Crippen LogP contribution < -0.4 is 10.6 Å². The number of carbonyl (C=O) groups is 1. The van der Waals surface area contributed by atoms with Crippen molar-refractivity contribution in [2.24, 2.45) is 5.73 Å². The molecule has 0 fully saturated rings. The number of halogens is 1. The van der Waals surface area contributed by atoms with Gasteiger partial charge in [-0.15, -0.1) is 0 Å². The number of carbonyl (C=O) groups excluding carboxylic acids is 1. The number of nitrogens with two attached hydrogens (primary N) is 1. The average molecular weight is 587 g/mol. The number of benzene rings is 7. The highest BCUT2D eigenvalue weighted by Gasteiger charge is 2.41. The van der Waals surface area contributed by atoms with Crippen LogP contribution in [-0.2, 0) is 13.0 Å². The number of hydrogen-bond acceptors (Lipinski definition) is 2. The van der Waals surface area contributed by atoms with E-state index < -0.39 is 0 Å². The van der Waals surface area contributed by atoms with Crippen LogP contribution in [0.5, 0.6) is 0 Å². The molecule has 2 N–H and O–H groups in total. The topological polar surface area (TPSA) is 46.3 Å². The zero-order valence-electron chi connectivity index (χ0n) is 24.7. The second-order valence-electron chi connectivity index (χ2n) is 11.9. The summed E-state index contributed by atoms with van der Waals surface area (Å²) in [6.45, 7) is 0.381. The van der Waals surface area contributed by atoms with Crippen molar-refractivity contribution < 1.29 is 9.18 Å². The summed E-state index contributed by atoms with van der Waals surface area (Å²) < 4.78 is 14.2. The van der Waals surface area contributed by atoms with Crippen molar-refractivity contribution >= 4 is 43.9 Å². The molecule has 2 unspecified atom stereocenters. The highest BCUT2D eigenvalue weighted by Crippen LogP contribution is 2.42. The van der Waals surface area contributed by atoms with Crippen LogP contribution in [-0.4, -0.2) is 11.9 Å². The maximum Gasteiger partial charge on any atom is 0.258 e. The molecule has 1 amide bonds. The summed E-state index contributed by atoms with van der Waals surface area (Å²) in [5, 5.41) is 7.31. The summed E-state index contributed by atoms with van der Waals surface area (Å²) in [6.07, 6.45) is 0.612. The molecule has 0 radical (unpaired) electrons. The lowest BCUT2D eigenvalue weighted by atomic mass is 9.76. The third-order valence-corrected chi connectivity index (χ3v) is 9.37. The van der Waals surface area contributed by atoms with Gasteiger partial charge in [-0.3, -0.25) is 4.79 Å². The van der Waals surface area contributed by atoms with Gasteiger partial charge in [-0.05, 0) is 91.3 Å². The Balaban J connectivity index is 1.29. The number of anilines is 1. The van der Waals surface area contributed by atoms with Gasteiger partial charge in [-0.1, -0.05) is 109 Å². The quantitative estimate of drug-likeness (QED) is 0.205. The number of amides is 1. The summed E-state index contributed by atoms with van der Waals surface area (Å²) in [5.74, 6) is -0.487. The van der Waals surface area contributed by atoms with Crippen molar-refractivity contribution in [2.45, 2.75) is 24.9 Å². The van der Waals surface area contributed by atoms with Gasteiger partial charge < -0.3 is 10.6 Å². The first kappa shape index (κ1) is 27.2. The largest absolute Gasteiger partial charge is 0.326 e. The smallest absolute Gasteiger partial charge is 0.258 e. The normalized spacial score (nSPS) is 16.4. The molecule has 7 aromatic rings. The Morgan fingerprint density at radius 3 is 2.16 bits per heavy atom. The van der Waals surface area contributed by atoms with E-state index in [0.717, 1.165) is 33.3 Å². The van der Waals surface area contributed by atoms with Crippen LogP contribution in [0.15, 0.2) is 140 Å². The standard InChI is InChI=1S/C41H31FN2O/c42-31-17-13-29(14-18-31)40-37-10-3-4-11-38(37)41(45)44(32-8-5-6-27(23-32)25-43)39(40)24-26-12-19-34-30(22-26)16-21-35-33-9-2-1-7-28(33)15-20-36(34)35/h1-23,39-40H,24-25,43H2. The molecule has 0 bridgehead atoms. The highest BCUT2D eigenvalue weighted by atomic mass is 19.1. The molecule has 0 aromatic heterocycles. The molecule has 8 rings (SSSR count). The first-order valence-electron chi connectivity index (χ1n) is 15.4. The predicted octanol–water partition coefficient (Wildman–Crippen LogP) is 9.15. The zero-order chi connectivity index (χ0) is 30.5. The molecular formula is C41H31FN2O. The van der Waals surface area contributed by atoms with Gasteiger partial charge in [0.2, 0.25) is 0 Å². The minimum absolute atomic E-state index is 0.0400. The van der Waals surface area contributed by atoms with Crippen molar-refractivity contribution in [1.29, 1.82) is 0 Å². The Kier molecular flexibility index (Phi) is 6.66. The van der Waals surface area contributed by atoms with Crippen molar-refractivity contribution in [1.82, 2.24) is 0 Å². The van der Waals surface area contributed by atoms with Crippen molar-refractivity contribution in [3.05, 3.63) is 173 Å². The van der Waals surface area contributed by atoms with Gasteiger partial charge in [0.15, 0.2) is 0 Å². The van der Waals surface area contributed by atoms with Gasteiger partial charge in [0.1, 0.15) is 5.82 Å². The molecule has 7 aromatic carbocycles. The van der Waals surface area contributed by atoms with Crippen LogP contribution in [0.4, 0.5) is 10.1 Å². The van der Waals surface area contributed by atoms with E-state index in [-0.39, 0.29) is 23.7 Å². The van der Waals surface area contributed by atoms with Gasteiger partial charge in [-0.25, -0.2) is 4.39 Å². The van der Waals surface area contributed by atoms with E-state index in [2.05, 4.69) is 66.7 Å². The van der Waals surface area contributed by atoms with Crippen LogP contribution in [0.2, 0.25) is 0 Å². The maximum absolute atomic E-state index is 14.3. The van der Waals surface area contributed by atoms with Gasteiger partial charge in [0.05, 0.1) is 6.04 Å². The van der Waals surface area contributed by atoms with Gasteiger partial charge in [0, 0.05) is 23.7 Å². The number of rotatable bonds is 5. The predicted molar refractivity (Wildman–Crippen MR) is 182 cm³/mol. The Labute approximate surface area is 261 Å². The summed E-state index contributed by atoms with van der Waals surface area (Å²) >= 11 is 0. The number of hydrogen-bond donors (Lipinski definition) is 1. The minimum Gasteiger partial charge on any atom is -0.326 e. The summed E-state index contributed by atoms with van der Waals surface area (Å²) in [7, 11) is 0. The Bertz CT molecular complexity index is 2240. The fourth-order valence-corrected chi connectivity index (χ4v) is 7.27. The van der Waals surface area contributed by atoms with Crippen molar-refractivity contribution in [3.8, 4) is 0 Å². The molecule has 1 aliphatic heterocycles. The Hall–Kier alpha value is -5.32. The Morgan fingerprint density at radius 1 is 0.622 bits per heavy atom. The van der Waals surface area contributed by atoms with Crippen molar-refractivity contribution in [2.75, 3.05) is 4.90 Å². The molecule has 0 aliphatic carbocycles. The van der Waals surface area contributed by atoms with E-state index in [9.17, 15) is 9.18 Å². The van der Waals surface area contributed by atoms with Crippen LogP contribution in [0.3, 0.4) is 0 Å². The maximum atomic E-state index is 14.3. The number of fused-ring (bicyclic) bond motifs is 6. The summed E-state index contributed by atoms with van der Waals surface area (Å²) in [5.41, 5.74) is 11.5. The summed E-state index contributed by atoms with van der Waals surface area (Å²) in [4.78, 5) is 16.3. The van der Waals surface area contributed by atoms with Crippen LogP contribution in [0.1, 0.15) is 38.5 Å². The van der Waals surface area contributed by atoms with Crippen LogP contribution in [0.25, 0.3) is 32.3 Å². The third-order valence-electron chi connectivity index (χ3n) is 9.37. The monoisotopic (exact) mass is 586 g/mol. The molecule has 218 valence electrons. The van der Waals surface area contributed by atoms with E-state index in [0.29, 0.717) is 18.5 Å². The lowest BCUT2D eigenvalue weighted by molar-refractivity contribution is 0.0963. The molecule has 4 heteroatoms. The average Bonchev–Trinajstić information content (AvgIpc) is 3.09. The molecular weight excluding hydrogens is 555 g/mol. The molecule has 1 aliphatic rings. The van der Waals surface area contributed by atoms with Crippen LogP contribution in [0, 0.1) is 5.82 Å². The third kappa shape index (κ3) is 4.66. The minimum atomic E-state index is -0.280. The van der Waals surface area contributed by atoms with E-state index in [1.165, 1.54) is 39.1 Å². The second-order valence-corrected chi connectivity index (χ2v) is 11.9. The van der Waals surface area contributed by atoms with Gasteiger partial charge >= 0.3 is 0 Å². The fraction of sp³-hybridized carbons (Fsp3) is 0.0976. The van der Waals surface area contributed by atoms with E-state index in [4.69, 9.17) is 5.73 Å². The van der Waals surface area contributed by atoms with E-state index >= 15 is 0 Å². The second kappa shape index (κ2) is 11.0. The first-order valence-corrected chi connectivity index (χ1v) is 15.4. The van der Waals surface area contributed by atoms with Crippen molar-refractivity contribution in [3.63, 3.8) is 0 Å². The lowest BCUT2D eigenvalue weighted by Crippen LogP contribution is -2.50. The van der Waals surface area contributed by atoms with Gasteiger partial charge in [-0.2, -0.15) is 0 Å². The SMILES string of the molecule is NCc1cccc(N2C(=O)c3ccccc3C(c3ccc(F)cc3)C2Cc2ccc3c(ccc4c5ccccc5ccc34)c2)c1. The molecule has 45 heavy (non-hydrogen) atoms. The summed E-state index contributed by atoms with van der Waals surface area (Å²) in [6, 6.07) is 46.2. The molecule has 3 nitrogen and oxygen atoms in total. The highest BCUT2D eigenvalue weighted by molar-refractivity contribution is 6.17.